The second-order valence-electron chi connectivity index (χ2n) is 6.71. The van der Waals surface area contributed by atoms with Gasteiger partial charge in [-0.05, 0) is 31.0 Å². The highest BCUT2D eigenvalue weighted by molar-refractivity contribution is 5.85. The molecule has 4 nitrogen and oxygen atoms in total. The second kappa shape index (κ2) is 7.65. The van der Waals surface area contributed by atoms with Crippen molar-refractivity contribution >= 4 is 18.3 Å². The molecule has 3 rings (SSSR count). The highest BCUT2D eigenvalue weighted by atomic mass is 35.5. The zero-order chi connectivity index (χ0) is 15.7. The molecule has 2 aliphatic heterocycles. The third kappa shape index (κ3) is 3.54. The van der Waals surface area contributed by atoms with E-state index in [2.05, 4.69) is 43.1 Å². The molecule has 1 aromatic carbocycles. The van der Waals surface area contributed by atoms with E-state index in [1.165, 1.54) is 11.1 Å². The summed E-state index contributed by atoms with van der Waals surface area (Å²) >= 11 is 0. The maximum Gasteiger partial charge on any atom is 0.224 e. The Kier molecular flexibility index (Phi) is 6.06. The molecule has 0 aromatic heterocycles. The van der Waals surface area contributed by atoms with Crippen LogP contribution < -0.4 is 0 Å². The normalized spacial score (nSPS) is 26.9. The van der Waals surface area contributed by atoms with Gasteiger partial charge in [0, 0.05) is 38.7 Å². The topological polar surface area (TPSA) is 32.8 Å². The molecule has 0 unspecified atom stereocenters. The number of aryl methyl sites for hydroxylation is 1. The van der Waals surface area contributed by atoms with Crippen LogP contribution in [0.1, 0.15) is 23.6 Å². The monoisotopic (exact) mass is 338 g/mol. The van der Waals surface area contributed by atoms with Gasteiger partial charge in [0.05, 0.1) is 13.0 Å². The average Bonchev–Trinajstić information content (AvgIpc) is 3.02. The highest BCUT2D eigenvalue weighted by Crippen LogP contribution is 2.44. The molecule has 0 spiro atoms. The van der Waals surface area contributed by atoms with Crippen molar-refractivity contribution in [3.63, 3.8) is 0 Å². The van der Waals surface area contributed by atoms with Crippen molar-refractivity contribution < 1.29 is 9.53 Å². The van der Waals surface area contributed by atoms with E-state index < -0.39 is 0 Å². The van der Waals surface area contributed by atoms with Crippen LogP contribution in [0.5, 0.6) is 0 Å². The van der Waals surface area contributed by atoms with Gasteiger partial charge in [-0.25, -0.2) is 0 Å². The smallest absolute Gasteiger partial charge is 0.224 e. The molecule has 3 atom stereocenters. The molecule has 0 radical (unpaired) electrons. The van der Waals surface area contributed by atoms with Crippen molar-refractivity contribution in [2.45, 2.75) is 19.4 Å². The Morgan fingerprint density at radius 2 is 2.00 bits per heavy atom. The first-order valence-electron chi connectivity index (χ1n) is 8.14. The van der Waals surface area contributed by atoms with Crippen molar-refractivity contribution in [1.82, 2.24) is 9.80 Å². The lowest BCUT2D eigenvalue weighted by molar-refractivity contribution is -0.131. The molecule has 0 aliphatic carbocycles. The van der Waals surface area contributed by atoms with E-state index in [4.69, 9.17) is 4.74 Å². The number of ether oxygens (including phenoxy) is 1. The zero-order valence-corrected chi connectivity index (χ0v) is 15.0. The molecular formula is C18H27ClN2O2. The van der Waals surface area contributed by atoms with Crippen molar-refractivity contribution in [2.75, 3.05) is 40.4 Å². The van der Waals surface area contributed by atoms with Gasteiger partial charge in [0.25, 0.3) is 0 Å². The van der Waals surface area contributed by atoms with E-state index >= 15 is 0 Å². The maximum atomic E-state index is 12.3. The number of rotatable bonds is 4. The Bertz CT molecular complexity index is 552. The van der Waals surface area contributed by atoms with Crippen LogP contribution in [0.2, 0.25) is 0 Å². The average molecular weight is 339 g/mol. The zero-order valence-electron chi connectivity index (χ0n) is 14.2. The van der Waals surface area contributed by atoms with Crippen LogP contribution in [0.4, 0.5) is 0 Å². The summed E-state index contributed by atoms with van der Waals surface area (Å²) in [5.41, 5.74) is 2.77. The van der Waals surface area contributed by atoms with Crippen molar-refractivity contribution in [1.29, 1.82) is 0 Å². The minimum Gasteiger partial charge on any atom is -0.384 e. The highest BCUT2D eigenvalue weighted by Gasteiger charge is 2.47. The molecule has 0 bridgehead atoms. The third-order valence-electron chi connectivity index (χ3n) is 5.27. The van der Waals surface area contributed by atoms with Crippen molar-refractivity contribution in [3.8, 4) is 0 Å². The molecule has 5 heteroatoms. The summed E-state index contributed by atoms with van der Waals surface area (Å²) in [6.45, 7) is 5.58. The first-order valence-corrected chi connectivity index (χ1v) is 8.14. The molecule has 1 amide bonds. The molecule has 0 N–H and O–H groups in total. The molecule has 128 valence electrons. The Morgan fingerprint density at radius 3 is 2.70 bits per heavy atom. The summed E-state index contributed by atoms with van der Waals surface area (Å²) in [6, 6.07) is 9.09. The fourth-order valence-electron chi connectivity index (χ4n) is 4.20. The Balaban J connectivity index is 0.00000192. The van der Waals surface area contributed by atoms with Crippen LogP contribution in [-0.4, -0.2) is 56.1 Å². The lowest BCUT2D eigenvalue weighted by Crippen LogP contribution is -2.34. The van der Waals surface area contributed by atoms with Crippen LogP contribution >= 0.6 is 12.4 Å². The number of nitrogens with zero attached hydrogens (tertiary/aromatic N) is 2. The Hall–Kier alpha value is -1.10. The van der Waals surface area contributed by atoms with Gasteiger partial charge < -0.3 is 9.64 Å². The van der Waals surface area contributed by atoms with Crippen LogP contribution in [0, 0.1) is 18.8 Å². The number of amides is 1. The van der Waals surface area contributed by atoms with Gasteiger partial charge in [-0.15, -0.1) is 12.4 Å². The summed E-state index contributed by atoms with van der Waals surface area (Å²) < 4.78 is 5.03. The fraction of sp³-hybridized carbons (Fsp3) is 0.611. The second-order valence-corrected chi connectivity index (χ2v) is 6.71. The predicted octanol–water partition coefficient (Wildman–Crippen LogP) is 2.51. The first kappa shape index (κ1) is 18.2. The molecule has 1 aromatic rings. The maximum absolute atomic E-state index is 12.3. The molecule has 2 aliphatic rings. The summed E-state index contributed by atoms with van der Waals surface area (Å²) in [7, 11) is 3.86. The summed E-state index contributed by atoms with van der Waals surface area (Å²) in [5.74, 6) is 1.39. The van der Waals surface area contributed by atoms with Gasteiger partial charge in [0.2, 0.25) is 5.91 Å². The number of halogens is 1. The number of benzene rings is 1. The van der Waals surface area contributed by atoms with Crippen molar-refractivity contribution in [3.05, 3.63) is 35.4 Å². The molecule has 2 fully saturated rings. The van der Waals surface area contributed by atoms with E-state index in [0.717, 1.165) is 19.6 Å². The minimum atomic E-state index is 0. The van der Waals surface area contributed by atoms with Gasteiger partial charge >= 0.3 is 0 Å². The predicted molar refractivity (Wildman–Crippen MR) is 93.9 cm³/mol. The lowest BCUT2D eigenvalue weighted by atomic mass is 9.88. The minimum absolute atomic E-state index is 0. The number of carbonyl (C=O) groups is 1. The molecular weight excluding hydrogens is 312 g/mol. The van der Waals surface area contributed by atoms with Crippen molar-refractivity contribution in [2.24, 2.45) is 11.8 Å². The van der Waals surface area contributed by atoms with Gasteiger partial charge in [-0.1, -0.05) is 24.3 Å². The molecule has 0 saturated carbocycles. The quantitative estimate of drug-likeness (QED) is 0.845. The molecule has 2 heterocycles. The van der Waals surface area contributed by atoms with Crippen LogP contribution in [0.25, 0.3) is 0 Å². The summed E-state index contributed by atoms with van der Waals surface area (Å²) in [6.07, 6.45) is 0.501. The van der Waals surface area contributed by atoms with E-state index in [0.29, 0.717) is 30.9 Å². The number of likely N-dealkylation sites (tertiary alicyclic amines) is 2. The standard InChI is InChI=1S/C18H26N2O2.ClH/c1-13-6-4-5-7-15(13)18-16-12-20(17(21)8-9-22-3)11-14(16)10-19(18)2;/h4-7,14,16,18H,8-12H2,1-3H3;1H/t14-,16+,18+;/m0./s1. The van der Waals surface area contributed by atoms with Gasteiger partial charge in [0.1, 0.15) is 0 Å². The number of carbonyl (C=O) groups excluding carboxylic acids is 1. The summed E-state index contributed by atoms with van der Waals surface area (Å²) in [4.78, 5) is 16.8. The first-order chi connectivity index (χ1) is 10.6. The fourth-order valence-corrected chi connectivity index (χ4v) is 4.20. The lowest BCUT2D eigenvalue weighted by Gasteiger charge is -2.28. The van der Waals surface area contributed by atoms with Gasteiger partial charge in [-0.2, -0.15) is 0 Å². The van der Waals surface area contributed by atoms with E-state index in [9.17, 15) is 4.79 Å². The summed E-state index contributed by atoms with van der Waals surface area (Å²) in [5, 5.41) is 0. The number of fused-ring (bicyclic) bond motifs is 1. The number of hydrogen-bond donors (Lipinski definition) is 0. The Labute approximate surface area is 145 Å². The largest absolute Gasteiger partial charge is 0.384 e. The Morgan fingerprint density at radius 1 is 1.26 bits per heavy atom. The molecule has 2 saturated heterocycles. The van der Waals surface area contributed by atoms with E-state index in [1.54, 1.807) is 7.11 Å². The third-order valence-corrected chi connectivity index (χ3v) is 5.27. The number of hydrogen-bond acceptors (Lipinski definition) is 3. The van der Waals surface area contributed by atoms with Crippen LogP contribution in [0.15, 0.2) is 24.3 Å². The van der Waals surface area contributed by atoms with Gasteiger partial charge in [-0.3, -0.25) is 9.69 Å². The van der Waals surface area contributed by atoms with Crippen LogP contribution in [0.3, 0.4) is 0 Å². The molecule has 23 heavy (non-hydrogen) atoms. The van der Waals surface area contributed by atoms with E-state index in [-0.39, 0.29) is 18.3 Å². The van der Waals surface area contributed by atoms with E-state index in [1.807, 2.05) is 4.90 Å². The van der Waals surface area contributed by atoms with Gasteiger partial charge in [0.15, 0.2) is 0 Å². The van der Waals surface area contributed by atoms with Crippen LogP contribution in [-0.2, 0) is 9.53 Å². The SMILES string of the molecule is COCCC(=O)N1C[C@@H]2CN(C)[C@H](c3ccccc3C)[C@@H]2C1.Cl. The number of methoxy groups -OCH3 is 1.